The standard InChI is InChI=1S/C23H18Br2N2O2/c1-13-4-3-5-14(2)22(13)27-21-11-17-20(29-21)9-7-18(25)23(17)26-12-15-10-16(24)6-8-19(15)28/h3-12,27-28H,1-2H3. The normalized spacial score (nSPS) is 11.4. The molecule has 0 saturated heterocycles. The summed E-state index contributed by atoms with van der Waals surface area (Å²) in [7, 11) is 0. The third kappa shape index (κ3) is 4.09. The van der Waals surface area contributed by atoms with E-state index in [0.717, 1.165) is 42.4 Å². The number of phenols is 1. The van der Waals surface area contributed by atoms with Gasteiger partial charge in [-0.2, -0.15) is 0 Å². The monoisotopic (exact) mass is 512 g/mol. The van der Waals surface area contributed by atoms with Crippen LogP contribution in [0.25, 0.3) is 11.0 Å². The topological polar surface area (TPSA) is 57.8 Å². The number of furan rings is 1. The zero-order chi connectivity index (χ0) is 20.5. The highest BCUT2D eigenvalue weighted by Gasteiger charge is 2.12. The fraction of sp³-hybridized carbons (Fsp3) is 0.0870. The highest BCUT2D eigenvalue weighted by atomic mass is 79.9. The number of nitrogens with zero attached hydrogens (tertiary/aromatic N) is 1. The number of rotatable bonds is 4. The number of para-hydroxylation sites is 1. The number of halogens is 2. The number of hydrogen-bond donors (Lipinski definition) is 2. The molecule has 0 atom stereocenters. The number of aromatic hydroxyl groups is 1. The van der Waals surface area contributed by atoms with Crippen LogP contribution in [0.5, 0.6) is 5.75 Å². The highest BCUT2D eigenvalue weighted by molar-refractivity contribution is 9.10. The number of fused-ring (bicyclic) bond motifs is 1. The first-order valence-electron chi connectivity index (χ1n) is 9.00. The van der Waals surface area contributed by atoms with E-state index in [-0.39, 0.29) is 5.75 Å². The minimum atomic E-state index is 0.171. The Balaban J connectivity index is 1.74. The molecule has 4 nitrogen and oxygen atoms in total. The summed E-state index contributed by atoms with van der Waals surface area (Å²) in [5.74, 6) is 0.821. The van der Waals surface area contributed by atoms with E-state index in [0.29, 0.717) is 11.4 Å². The van der Waals surface area contributed by atoms with Gasteiger partial charge in [-0.25, -0.2) is 0 Å². The van der Waals surface area contributed by atoms with Crippen molar-refractivity contribution >= 4 is 66.3 Å². The summed E-state index contributed by atoms with van der Waals surface area (Å²) < 4.78 is 7.73. The van der Waals surface area contributed by atoms with Gasteiger partial charge < -0.3 is 14.8 Å². The van der Waals surface area contributed by atoms with Crippen molar-refractivity contribution in [2.24, 2.45) is 4.99 Å². The molecule has 0 aliphatic heterocycles. The van der Waals surface area contributed by atoms with E-state index >= 15 is 0 Å². The van der Waals surface area contributed by atoms with Gasteiger partial charge in [0.1, 0.15) is 11.3 Å². The molecular weight excluding hydrogens is 496 g/mol. The van der Waals surface area contributed by atoms with Crippen molar-refractivity contribution in [3.8, 4) is 5.75 Å². The summed E-state index contributed by atoms with van der Waals surface area (Å²) in [5, 5.41) is 14.3. The first-order valence-corrected chi connectivity index (χ1v) is 10.6. The molecular formula is C23H18Br2N2O2. The smallest absolute Gasteiger partial charge is 0.198 e. The maximum Gasteiger partial charge on any atom is 0.198 e. The molecule has 3 aromatic carbocycles. The van der Waals surface area contributed by atoms with Crippen LogP contribution in [-0.4, -0.2) is 11.3 Å². The Morgan fingerprint density at radius 3 is 2.52 bits per heavy atom. The molecule has 0 bridgehead atoms. The molecule has 0 unspecified atom stereocenters. The summed E-state index contributed by atoms with van der Waals surface area (Å²) in [5.41, 5.74) is 5.42. The lowest BCUT2D eigenvalue weighted by Crippen LogP contribution is -1.94. The first kappa shape index (κ1) is 19.7. The van der Waals surface area contributed by atoms with Crippen LogP contribution in [0.4, 0.5) is 17.3 Å². The molecule has 0 aliphatic carbocycles. The second kappa shape index (κ2) is 8.05. The molecule has 4 rings (SSSR count). The SMILES string of the molecule is Cc1cccc(C)c1Nc1cc2c(N=Cc3cc(Br)ccc3O)c(Br)ccc2o1. The Kier molecular flexibility index (Phi) is 5.48. The van der Waals surface area contributed by atoms with Gasteiger partial charge >= 0.3 is 0 Å². The fourth-order valence-electron chi connectivity index (χ4n) is 3.16. The number of benzene rings is 3. The predicted molar refractivity (Wildman–Crippen MR) is 126 cm³/mol. The van der Waals surface area contributed by atoms with Crippen molar-refractivity contribution < 1.29 is 9.52 Å². The van der Waals surface area contributed by atoms with Crippen molar-refractivity contribution in [3.63, 3.8) is 0 Å². The van der Waals surface area contributed by atoms with Crippen molar-refractivity contribution in [1.82, 2.24) is 0 Å². The van der Waals surface area contributed by atoms with Crippen molar-refractivity contribution in [2.45, 2.75) is 13.8 Å². The number of nitrogens with one attached hydrogen (secondary N) is 1. The lowest BCUT2D eigenvalue weighted by Gasteiger charge is -2.09. The molecule has 0 saturated carbocycles. The van der Waals surface area contributed by atoms with Crippen LogP contribution in [0.1, 0.15) is 16.7 Å². The van der Waals surface area contributed by atoms with E-state index < -0.39 is 0 Å². The fourth-order valence-corrected chi connectivity index (χ4v) is 3.99. The summed E-state index contributed by atoms with van der Waals surface area (Å²) in [6, 6.07) is 17.2. The summed E-state index contributed by atoms with van der Waals surface area (Å²) in [6.45, 7) is 4.13. The molecule has 146 valence electrons. The Hall–Kier alpha value is -2.57. The van der Waals surface area contributed by atoms with Crippen LogP contribution in [0.15, 0.2) is 73.0 Å². The lowest BCUT2D eigenvalue weighted by atomic mass is 10.1. The van der Waals surface area contributed by atoms with Gasteiger partial charge in [-0.15, -0.1) is 0 Å². The largest absolute Gasteiger partial charge is 0.507 e. The van der Waals surface area contributed by atoms with Crippen molar-refractivity contribution in [1.29, 1.82) is 0 Å². The number of phenolic OH excluding ortho intramolecular Hbond substituents is 1. The molecule has 1 aromatic heterocycles. The highest BCUT2D eigenvalue weighted by Crippen LogP contribution is 2.38. The molecule has 1 heterocycles. The van der Waals surface area contributed by atoms with E-state index in [1.54, 1.807) is 18.3 Å². The van der Waals surface area contributed by atoms with E-state index in [4.69, 9.17) is 4.42 Å². The summed E-state index contributed by atoms with van der Waals surface area (Å²) in [6.07, 6.45) is 1.64. The first-order chi connectivity index (χ1) is 13.9. The Morgan fingerprint density at radius 1 is 1.00 bits per heavy atom. The van der Waals surface area contributed by atoms with Crippen molar-refractivity contribution in [3.05, 3.63) is 80.2 Å². The van der Waals surface area contributed by atoms with Crippen LogP contribution < -0.4 is 5.32 Å². The lowest BCUT2D eigenvalue weighted by molar-refractivity contribution is 0.474. The Labute approximate surface area is 185 Å². The molecule has 0 fully saturated rings. The second-order valence-electron chi connectivity index (χ2n) is 6.77. The van der Waals surface area contributed by atoms with Crippen LogP contribution in [0, 0.1) is 13.8 Å². The minimum absolute atomic E-state index is 0.171. The van der Waals surface area contributed by atoms with Crippen LogP contribution >= 0.6 is 31.9 Å². The Bertz CT molecular complexity index is 1230. The maximum atomic E-state index is 10.1. The van der Waals surface area contributed by atoms with E-state index in [9.17, 15) is 5.11 Å². The van der Waals surface area contributed by atoms with Crippen LogP contribution in [-0.2, 0) is 0 Å². The van der Waals surface area contributed by atoms with Gasteiger partial charge in [0, 0.05) is 37.9 Å². The molecule has 0 radical (unpaired) electrons. The average molecular weight is 514 g/mol. The third-order valence-electron chi connectivity index (χ3n) is 4.67. The third-order valence-corrected chi connectivity index (χ3v) is 5.81. The molecule has 2 N–H and O–H groups in total. The van der Waals surface area contributed by atoms with E-state index in [2.05, 4.69) is 68.1 Å². The zero-order valence-corrected chi connectivity index (χ0v) is 19.0. The molecule has 0 spiro atoms. The number of aliphatic imine (C=N–C) groups is 1. The number of anilines is 2. The Morgan fingerprint density at radius 2 is 1.76 bits per heavy atom. The van der Waals surface area contributed by atoms with Gasteiger partial charge in [0.25, 0.3) is 0 Å². The molecule has 0 aliphatic rings. The zero-order valence-electron chi connectivity index (χ0n) is 15.8. The second-order valence-corrected chi connectivity index (χ2v) is 8.54. The summed E-state index contributed by atoms with van der Waals surface area (Å²) >= 11 is 6.99. The molecule has 29 heavy (non-hydrogen) atoms. The van der Waals surface area contributed by atoms with Gasteiger partial charge in [0.2, 0.25) is 0 Å². The van der Waals surface area contributed by atoms with Crippen LogP contribution in [0.3, 0.4) is 0 Å². The van der Waals surface area contributed by atoms with Gasteiger partial charge in [-0.1, -0.05) is 34.1 Å². The average Bonchev–Trinajstić information content (AvgIpc) is 3.09. The van der Waals surface area contributed by atoms with E-state index in [1.165, 1.54) is 0 Å². The molecule has 4 aromatic rings. The molecule has 0 amide bonds. The quantitative estimate of drug-likeness (QED) is 0.274. The maximum absolute atomic E-state index is 10.1. The van der Waals surface area contributed by atoms with E-state index in [1.807, 2.05) is 30.3 Å². The van der Waals surface area contributed by atoms with Gasteiger partial charge in [-0.05, 0) is 71.2 Å². The van der Waals surface area contributed by atoms with Gasteiger partial charge in [-0.3, -0.25) is 4.99 Å². The predicted octanol–water partition coefficient (Wildman–Crippen LogP) is 7.77. The number of aryl methyl sites for hydroxylation is 2. The number of hydrogen-bond acceptors (Lipinski definition) is 4. The summed E-state index contributed by atoms with van der Waals surface area (Å²) in [4.78, 5) is 4.62. The minimum Gasteiger partial charge on any atom is -0.507 e. The van der Waals surface area contributed by atoms with Gasteiger partial charge in [0.15, 0.2) is 5.88 Å². The van der Waals surface area contributed by atoms with Crippen molar-refractivity contribution in [2.75, 3.05) is 5.32 Å². The van der Waals surface area contributed by atoms with Gasteiger partial charge in [0.05, 0.1) is 5.69 Å². The molecule has 6 heteroatoms. The van der Waals surface area contributed by atoms with Crippen LogP contribution in [0.2, 0.25) is 0 Å².